The van der Waals surface area contributed by atoms with Crippen molar-refractivity contribution in [3.63, 3.8) is 0 Å². The zero-order valence-electron chi connectivity index (χ0n) is 44.4. The first kappa shape index (κ1) is 44.0. The van der Waals surface area contributed by atoms with Crippen molar-refractivity contribution in [2.45, 2.75) is 181 Å². The van der Waals surface area contributed by atoms with Crippen molar-refractivity contribution in [3.05, 3.63) is 124 Å². The zero-order valence-corrected chi connectivity index (χ0v) is 44.4. The third-order valence-electron chi connectivity index (χ3n) is 18.0. The van der Waals surface area contributed by atoms with Gasteiger partial charge in [0.1, 0.15) is 0 Å². The smallest absolute Gasteiger partial charge is 0.328 e. The van der Waals surface area contributed by atoms with Gasteiger partial charge in [-0.2, -0.15) is 0 Å². The lowest BCUT2D eigenvalue weighted by atomic mass is 9.42. The number of rotatable bonds is 1. The lowest BCUT2D eigenvalue weighted by Gasteiger charge is -2.54. The van der Waals surface area contributed by atoms with E-state index >= 15 is 0 Å². The topological polar surface area (TPSA) is 13.1 Å². The first-order valence-electron chi connectivity index (χ1n) is 26.0. The predicted molar refractivity (Wildman–Crippen MR) is 296 cm³/mol. The monoisotopic (exact) mass is 896 g/mol. The van der Waals surface area contributed by atoms with Crippen LogP contribution >= 0.6 is 0 Å². The van der Waals surface area contributed by atoms with E-state index in [4.69, 9.17) is 0 Å². The maximum absolute atomic E-state index is 3.06. The minimum Gasteiger partial charge on any atom is -0.400 e. The summed E-state index contributed by atoms with van der Waals surface area (Å²) in [6.45, 7) is 41.1. The molecule has 1 fully saturated rings. The average Bonchev–Trinajstić information content (AvgIpc) is 3.83. The number of hydrogen-bond donors (Lipinski definition) is 0. The summed E-state index contributed by atoms with van der Waals surface area (Å²) in [6.07, 6.45) is 4.81. The average molecular weight is 896 g/mol. The molecule has 1 saturated carbocycles. The maximum Gasteiger partial charge on any atom is 0.328 e. The summed E-state index contributed by atoms with van der Waals surface area (Å²) in [5, 5.41) is 5.52. The number of hydrogen-bond acceptors (Lipinski definition) is 1. The fourth-order valence-electron chi connectivity index (χ4n) is 13.7. The maximum atomic E-state index is 3.06. The Kier molecular flexibility index (Phi) is 8.64. The van der Waals surface area contributed by atoms with Gasteiger partial charge >= 0.3 is 6.85 Å². The van der Waals surface area contributed by atoms with E-state index in [0.29, 0.717) is 0 Å². The van der Waals surface area contributed by atoms with E-state index in [0.717, 1.165) is 6.42 Å². The Morgan fingerprint density at radius 3 is 1.53 bits per heavy atom. The Morgan fingerprint density at radius 2 is 0.956 bits per heavy atom. The fourth-order valence-corrected chi connectivity index (χ4v) is 13.7. The van der Waals surface area contributed by atoms with Gasteiger partial charge in [0.15, 0.2) is 0 Å². The van der Waals surface area contributed by atoms with Crippen molar-refractivity contribution in [1.29, 1.82) is 0 Å². The second-order valence-electron chi connectivity index (χ2n) is 27.5. The van der Waals surface area contributed by atoms with Crippen molar-refractivity contribution < 1.29 is 0 Å². The van der Waals surface area contributed by atoms with E-state index in [1.807, 2.05) is 0 Å². The van der Waals surface area contributed by atoms with Crippen LogP contribution < -0.4 is 15.7 Å². The summed E-state index contributed by atoms with van der Waals surface area (Å²) in [6, 6.07) is 37.6. The van der Waals surface area contributed by atoms with Gasteiger partial charge < -0.3 is 13.9 Å². The van der Waals surface area contributed by atoms with Crippen LogP contribution in [0.2, 0.25) is 0 Å². The molecule has 6 aromatic carbocycles. The van der Waals surface area contributed by atoms with Crippen molar-refractivity contribution >= 4 is 67.1 Å². The third kappa shape index (κ3) is 5.73. The van der Waals surface area contributed by atoms with Crippen molar-refractivity contribution in [2.75, 3.05) is 4.81 Å². The lowest BCUT2D eigenvalue weighted by molar-refractivity contribution is 0.200. The number of nitrogens with zero attached hydrogens (tertiary/aromatic N) is 3. The fraction of sp³-hybridized carbons (Fsp3) is 0.438. The van der Waals surface area contributed by atoms with Crippen LogP contribution in [-0.2, 0) is 32.5 Å². The van der Waals surface area contributed by atoms with Crippen molar-refractivity contribution in [3.8, 4) is 22.5 Å². The van der Waals surface area contributed by atoms with Gasteiger partial charge in [-0.05, 0) is 146 Å². The first-order chi connectivity index (χ1) is 31.6. The van der Waals surface area contributed by atoms with Crippen LogP contribution in [0.1, 0.15) is 177 Å². The van der Waals surface area contributed by atoms with Gasteiger partial charge in [0, 0.05) is 60.7 Å². The molecule has 0 N–H and O–H groups in total. The number of fused-ring (bicyclic) bond motifs is 14. The highest BCUT2D eigenvalue weighted by molar-refractivity contribution is 6.93. The van der Waals surface area contributed by atoms with Gasteiger partial charge in [-0.15, -0.1) is 0 Å². The largest absolute Gasteiger partial charge is 0.400 e. The predicted octanol–water partition coefficient (Wildman–Crippen LogP) is 15.9. The molecule has 3 aliphatic heterocycles. The quantitative estimate of drug-likeness (QED) is 0.150. The van der Waals surface area contributed by atoms with Gasteiger partial charge in [0.2, 0.25) is 0 Å². The molecule has 4 aliphatic rings. The Hall–Kier alpha value is -5.22. The zero-order chi connectivity index (χ0) is 48.4. The van der Waals surface area contributed by atoms with Crippen molar-refractivity contribution in [2.24, 2.45) is 0 Å². The van der Waals surface area contributed by atoms with Gasteiger partial charge in [0.05, 0.1) is 22.1 Å². The summed E-state index contributed by atoms with van der Waals surface area (Å²) in [4.78, 5) is 3.06. The molecule has 2 unspecified atom stereocenters. The lowest BCUT2D eigenvalue weighted by Crippen LogP contribution is -2.70. The number of anilines is 1. The third-order valence-corrected chi connectivity index (χ3v) is 18.0. The molecule has 348 valence electrons. The Balaban J connectivity index is 1.30. The SMILES string of the molecule is CC(C)(C)c1ccc(-n2c3ccc(C(C)(C)C)cc3c3cc4c5c(c32)C2(C)CCCCC2(C)N5B2c3c-4cc(C(C)(C)C)cc3-n3c4ccc(C(C)(C)C)cc4c4cc(C(C)(C)C)cc2c43)cc1. The van der Waals surface area contributed by atoms with Gasteiger partial charge in [-0.25, -0.2) is 0 Å². The second kappa shape index (κ2) is 13.3. The van der Waals surface area contributed by atoms with E-state index in [9.17, 15) is 0 Å². The summed E-state index contributed by atoms with van der Waals surface area (Å²) >= 11 is 0. The first-order valence-corrected chi connectivity index (χ1v) is 26.0. The highest BCUT2D eigenvalue weighted by Crippen LogP contribution is 2.65. The number of aromatic nitrogens is 2. The Morgan fingerprint density at radius 1 is 0.456 bits per heavy atom. The molecule has 5 heterocycles. The second-order valence-corrected chi connectivity index (χ2v) is 27.5. The van der Waals surface area contributed by atoms with E-state index < -0.39 is 0 Å². The molecule has 0 saturated heterocycles. The van der Waals surface area contributed by atoms with E-state index in [2.05, 4.69) is 223 Å². The summed E-state index contributed by atoms with van der Waals surface area (Å²) in [7, 11) is 0. The van der Waals surface area contributed by atoms with E-state index in [-0.39, 0.29) is 44.9 Å². The molecular weight excluding hydrogens is 822 g/mol. The minimum atomic E-state index is -0.134. The molecule has 1 aliphatic carbocycles. The number of benzene rings is 6. The molecule has 68 heavy (non-hydrogen) atoms. The summed E-state index contributed by atoms with van der Waals surface area (Å²) in [5.74, 6) is 0. The standard InChI is InChI=1S/C64H74BN3/c1-58(2,3)37-20-24-42(25-21-37)66-50-26-22-38(59(4,5)6)31-44(50)47-36-48-45-32-41(62(13,14)15)35-52-54(45)65(68-57(48)53(56(47)66)63(16)28-18-19-29-64(63,68)17)49-34-40(61(10,11)12)33-46-43-30-39(60(7,8)9)23-27-51(43)67(52)55(46)49/h20-27,30-36H,18-19,28-29H2,1-17H3. The van der Waals surface area contributed by atoms with Crippen LogP contribution in [0.5, 0.6) is 0 Å². The molecule has 8 aromatic rings. The molecule has 2 atom stereocenters. The highest BCUT2D eigenvalue weighted by Gasteiger charge is 2.64. The van der Waals surface area contributed by atoms with Crippen LogP contribution in [-0.4, -0.2) is 21.5 Å². The van der Waals surface area contributed by atoms with Crippen LogP contribution in [0.25, 0.3) is 66.1 Å². The van der Waals surface area contributed by atoms with Crippen LogP contribution in [0.4, 0.5) is 5.69 Å². The molecule has 3 nitrogen and oxygen atoms in total. The molecule has 2 aromatic heterocycles. The van der Waals surface area contributed by atoms with Gasteiger partial charge in [0.25, 0.3) is 0 Å². The highest BCUT2D eigenvalue weighted by atomic mass is 15.2. The Labute approximate surface area is 407 Å². The van der Waals surface area contributed by atoms with Gasteiger partial charge in [-0.1, -0.05) is 160 Å². The molecule has 0 amide bonds. The van der Waals surface area contributed by atoms with Crippen molar-refractivity contribution in [1.82, 2.24) is 9.13 Å². The van der Waals surface area contributed by atoms with E-state index in [1.165, 1.54) is 130 Å². The molecule has 0 radical (unpaired) electrons. The van der Waals surface area contributed by atoms with E-state index in [1.54, 1.807) is 5.56 Å². The summed E-state index contributed by atoms with van der Waals surface area (Å²) in [5.41, 5.74) is 23.6. The molecule has 0 spiro atoms. The van der Waals surface area contributed by atoms with Crippen LogP contribution in [0, 0.1) is 0 Å². The molecule has 4 heteroatoms. The normalized spacial score (nSPS) is 20.2. The summed E-state index contributed by atoms with van der Waals surface area (Å²) < 4.78 is 5.41. The molecule has 0 bridgehead atoms. The van der Waals surface area contributed by atoms with Crippen LogP contribution in [0.3, 0.4) is 0 Å². The van der Waals surface area contributed by atoms with Crippen LogP contribution in [0.15, 0.2) is 91.0 Å². The molecular formula is C64H74BN3. The Bertz CT molecular complexity index is 3500. The molecule has 12 rings (SSSR count). The van der Waals surface area contributed by atoms with Gasteiger partial charge in [-0.3, -0.25) is 0 Å². The minimum absolute atomic E-state index is 0.0117.